The molecule has 4 heteroatoms. The second kappa shape index (κ2) is 8.85. The third kappa shape index (κ3) is 5.19. The fourth-order valence-electron chi connectivity index (χ4n) is 3.94. The summed E-state index contributed by atoms with van der Waals surface area (Å²) >= 11 is 0. The number of hydrogen-bond acceptors (Lipinski definition) is 2. The van der Waals surface area contributed by atoms with Gasteiger partial charge in [0.25, 0.3) is 5.91 Å². The number of likely N-dealkylation sites (tertiary alicyclic amines) is 1. The number of carbonyl (C=O) groups excluding carboxylic acids is 2. The average molecular weight is 364 g/mol. The molecule has 1 saturated heterocycles. The number of amides is 2. The van der Waals surface area contributed by atoms with Gasteiger partial charge < -0.3 is 10.2 Å². The number of benzene rings is 2. The topological polar surface area (TPSA) is 49.4 Å². The largest absolute Gasteiger partial charge is 0.345 e. The predicted octanol–water partition coefficient (Wildman–Crippen LogP) is 4.05. The maximum Gasteiger partial charge on any atom is 0.251 e. The zero-order valence-electron chi connectivity index (χ0n) is 16.1. The number of nitrogens with one attached hydrogen (secondary N) is 1. The fourth-order valence-corrected chi connectivity index (χ4v) is 3.94. The molecule has 0 bridgehead atoms. The molecular formula is C23H28N2O2. The van der Waals surface area contributed by atoms with E-state index < -0.39 is 0 Å². The van der Waals surface area contributed by atoms with Crippen LogP contribution in [0.1, 0.15) is 48.7 Å². The zero-order chi connectivity index (χ0) is 19.2. The quantitative estimate of drug-likeness (QED) is 0.870. The summed E-state index contributed by atoms with van der Waals surface area (Å²) in [5.74, 6) is 0.992. The van der Waals surface area contributed by atoms with E-state index >= 15 is 0 Å². The predicted molar refractivity (Wildman–Crippen MR) is 107 cm³/mol. The maximum absolute atomic E-state index is 13.0. The molecule has 1 heterocycles. The van der Waals surface area contributed by atoms with Crippen molar-refractivity contribution in [2.75, 3.05) is 13.1 Å². The summed E-state index contributed by atoms with van der Waals surface area (Å²) in [6.07, 6.45) is 1.44. The lowest BCUT2D eigenvalue weighted by atomic mass is 9.91. The summed E-state index contributed by atoms with van der Waals surface area (Å²) in [6.45, 7) is 6.00. The number of hydrogen-bond donors (Lipinski definition) is 1. The van der Waals surface area contributed by atoms with Crippen molar-refractivity contribution >= 4 is 11.8 Å². The molecule has 3 rings (SSSR count). The first-order valence-corrected chi connectivity index (χ1v) is 9.71. The standard InChI is InChI=1S/C23H28N2O2/c1-17-13-18(2)16-25(15-17)22(26)14-21(19-9-5-3-6-10-19)24-23(27)20-11-7-4-8-12-20/h3-12,17-18,21H,13-16H2,1-2H3,(H,24,27)/t17-,18-,21-/m1/s1. The molecule has 2 aromatic rings. The molecule has 4 nitrogen and oxygen atoms in total. The van der Waals surface area contributed by atoms with Gasteiger partial charge in [-0.25, -0.2) is 0 Å². The second-order valence-electron chi connectivity index (χ2n) is 7.75. The van der Waals surface area contributed by atoms with E-state index in [1.165, 1.54) is 0 Å². The third-order valence-corrected chi connectivity index (χ3v) is 5.14. The van der Waals surface area contributed by atoms with Gasteiger partial charge in [-0.1, -0.05) is 62.4 Å². The molecular weight excluding hydrogens is 336 g/mol. The van der Waals surface area contributed by atoms with Crippen molar-refractivity contribution in [3.8, 4) is 0 Å². The molecule has 0 aliphatic carbocycles. The van der Waals surface area contributed by atoms with Crippen LogP contribution in [0.4, 0.5) is 0 Å². The molecule has 142 valence electrons. The SMILES string of the molecule is C[C@@H]1C[C@@H](C)CN(C(=O)C[C@@H](NC(=O)c2ccccc2)c2ccccc2)C1. The Hall–Kier alpha value is -2.62. The number of nitrogens with zero attached hydrogens (tertiary/aromatic N) is 1. The van der Waals surface area contributed by atoms with Gasteiger partial charge in [0, 0.05) is 18.7 Å². The second-order valence-corrected chi connectivity index (χ2v) is 7.75. The van der Waals surface area contributed by atoms with E-state index in [1.54, 1.807) is 12.1 Å². The van der Waals surface area contributed by atoms with Crippen molar-refractivity contribution in [2.45, 2.75) is 32.7 Å². The summed E-state index contributed by atoms with van der Waals surface area (Å²) in [5.41, 5.74) is 1.55. The first-order valence-electron chi connectivity index (χ1n) is 9.71. The summed E-state index contributed by atoms with van der Waals surface area (Å²) in [6, 6.07) is 18.5. The minimum absolute atomic E-state index is 0.107. The van der Waals surface area contributed by atoms with Crippen molar-refractivity contribution < 1.29 is 9.59 Å². The van der Waals surface area contributed by atoms with E-state index in [4.69, 9.17) is 0 Å². The van der Waals surface area contributed by atoms with E-state index in [1.807, 2.05) is 53.4 Å². The molecule has 1 fully saturated rings. The van der Waals surface area contributed by atoms with Gasteiger partial charge in [-0.3, -0.25) is 9.59 Å². The number of piperidine rings is 1. The molecule has 0 unspecified atom stereocenters. The van der Waals surface area contributed by atoms with E-state index in [0.29, 0.717) is 17.4 Å². The van der Waals surface area contributed by atoms with Crippen LogP contribution in [0.3, 0.4) is 0 Å². The van der Waals surface area contributed by atoms with Crippen LogP contribution in [0, 0.1) is 11.8 Å². The molecule has 2 aromatic carbocycles. The lowest BCUT2D eigenvalue weighted by Gasteiger charge is -2.36. The van der Waals surface area contributed by atoms with Crippen molar-refractivity contribution in [2.24, 2.45) is 11.8 Å². The lowest BCUT2D eigenvalue weighted by Crippen LogP contribution is -2.44. The minimum atomic E-state index is -0.334. The van der Waals surface area contributed by atoms with Gasteiger partial charge in [0.1, 0.15) is 0 Å². The van der Waals surface area contributed by atoms with Gasteiger partial charge in [-0.05, 0) is 36.0 Å². The highest BCUT2D eigenvalue weighted by molar-refractivity contribution is 5.94. The number of rotatable bonds is 5. The van der Waals surface area contributed by atoms with Crippen molar-refractivity contribution in [1.29, 1.82) is 0 Å². The van der Waals surface area contributed by atoms with Crippen LogP contribution < -0.4 is 5.32 Å². The van der Waals surface area contributed by atoms with Crippen LogP contribution in [0.15, 0.2) is 60.7 Å². The van der Waals surface area contributed by atoms with E-state index in [9.17, 15) is 9.59 Å². The zero-order valence-corrected chi connectivity index (χ0v) is 16.1. The van der Waals surface area contributed by atoms with Crippen molar-refractivity contribution in [1.82, 2.24) is 10.2 Å². The van der Waals surface area contributed by atoms with Crippen LogP contribution in [-0.4, -0.2) is 29.8 Å². The Morgan fingerprint density at radius 2 is 1.52 bits per heavy atom. The Kier molecular flexibility index (Phi) is 6.28. The molecule has 1 aliphatic heterocycles. The van der Waals surface area contributed by atoms with E-state index in [2.05, 4.69) is 19.2 Å². The van der Waals surface area contributed by atoms with E-state index in [-0.39, 0.29) is 24.3 Å². The van der Waals surface area contributed by atoms with E-state index in [0.717, 1.165) is 25.1 Å². The highest BCUT2D eigenvalue weighted by Crippen LogP contribution is 2.24. The van der Waals surface area contributed by atoms with Crippen LogP contribution in [0.25, 0.3) is 0 Å². The first kappa shape index (κ1) is 19.2. The van der Waals surface area contributed by atoms with Crippen molar-refractivity contribution in [3.05, 3.63) is 71.8 Å². The molecule has 27 heavy (non-hydrogen) atoms. The Morgan fingerprint density at radius 3 is 2.11 bits per heavy atom. The average Bonchev–Trinajstić information content (AvgIpc) is 2.68. The smallest absolute Gasteiger partial charge is 0.251 e. The van der Waals surface area contributed by atoms with Crippen LogP contribution in [0.5, 0.6) is 0 Å². The van der Waals surface area contributed by atoms with Crippen molar-refractivity contribution in [3.63, 3.8) is 0 Å². The van der Waals surface area contributed by atoms with Crippen LogP contribution in [0.2, 0.25) is 0 Å². The normalized spacial score (nSPS) is 20.7. The molecule has 0 saturated carbocycles. The molecule has 0 radical (unpaired) electrons. The molecule has 2 amide bonds. The summed E-state index contributed by atoms with van der Waals surface area (Å²) in [4.78, 5) is 27.6. The Morgan fingerprint density at radius 1 is 0.963 bits per heavy atom. The Balaban J connectivity index is 1.74. The highest BCUT2D eigenvalue weighted by Gasteiger charge is 2.28. The molecule has 1 aliphatic rings. The first-order chi connectivity index (χ1) is 13.0. The highest BCUT2D eigenvalue weighted by atomic mass is 16.2. The van der Waals surface area contributed by atoms with Gasteiger partial charge >= 0.3 is 0 Å². The minimum Gasteiger partial charge on any atom is -0.345 e. The molecule has 0 aromatic heterocycles. The van der Waals surface area contributed by atoms with Crippen LogP contribution >= 0.6 is 0 Å². The Labute approximate surface area is 161 Å². The van der Waals surface area contributed by atoms with Gasteiger partial charge in [-0.2, -0.15) is 0 Å². The molecule has 1 N–H and O–H groups in total. The third-order valence-electron chi connectivity index (χ3n) is 5.14. The van der Waals surface area contributed by atoms with Gasteiger partial charge in [0.05, 0.1) is 12.5 Å². The monoisotopic (exact) mass is 364 g/mol. The number of carbonyl (C=O) groups is 2. The molecule has 0 spiro atoms. The Bertz CT molecular complexity index is 750. The summed E-state index contributed by atoms with van der Waals surface area (Å²) < 4.78 is 0. The summed E-state index contributed by atoms with van der Waals surface area (Å²) in [5, 5.41) is 3.06. The van der Waals surface area contributed by atoms with Gasteiger partial charge in [0.15, 0.2) is 0 Å². The maximum atomic E-state index is 13.0. The van der Waals surface area contributed by atoms with Gasteiger partial charge in [-0.15, -0.1) is 0 Å². The van der Waals surface area contributed by atoms with Crippen LogP contribution in [-0.2, 0) is 4.79 Å². The lowest BCUT2D eigenvalue weighted by molar-refractivity contribution is -0.134. The fraction of sp³-hybridized carbons (Fsp3) is 0.391. The van der Waals surface area contributed by atoms with Gasteiger partial charge in [0.2, 0.25) is 5.91 Å². The molecule has 3 atom stereocenters. The summed E-state index contributed by atoms with van der Waals surface area (Å²) in [7, 11) is 0.